The third kappa shape index (κ3) is 5.94. The van der Waals surface area contributed by atoms with Gasteiger partial charge in [0.1, 0.15) is 6.04 Å². The van der Waals surface area contributed by atoms with Gasteiger partial charge in [-0.15, -0.1) is 0 Å². The van der Waals surface area contributed by atoms with E-state index in [2.05, 4.69) is 5.32 Å². The van der Waals surface area contributed by atoms with E-state index in [1.165, 1.54) is 0 Å². The van der Waals surface area contributed by atoms with Crippen molar-refractivity contribution in [1.29, 1.82) is 0 Å². The molecule has 0 aromatic heterocycles. The summed E-state index contributed by atoms with van der Waals surface area (Å²) in [6.07, 6.45) is 0.850. The molecule has 4 heteroatoms. The van der Waals surface area contributed by atoms with Gasteiger partial charge in [-0.2, -0.15) is 0 Å². The second-order valence-electron chi connectivity index (χ2n) is 3.30. The first kappa shape index (κ1) is 13.4. The van der Waals surface area contributed by atoms with Crippen LogP contribution in [-0.2, 0) is 14.3 Å². The lowest BCUT2D eigenvalue weighted by atomic mass is 10.2. The molecule has 0 saturated heterocycles. The van der Waals surface area contributed by atoms with Crippen molar-refractivity contribution in [1.82, 2.24) is 5.32 Å². The molecule has 0 amide bonds. The summed E-state index contributed by atoms with van der Waals surface area (Å²) in [5, 5.41) is 2.91. The van der Waals surface area contributed by atoms with Crippen molar-refractivity contribution in [3.05, 3.63) is 0 Å². The lowest BCUT2D eigenvalue weighted by Gasteiger charge is -2.15. The number of esters is 1. The number of ether oxygens (including phenoxy) is 2. The fraction of sp³-hybridized carbons (Fsp3) is 0.900. The van der Waals surface area contributed by atoms with Crippen LogP contribution in [0.1, 0.15) is 27.2 Å². The van der Waals surface area contributed by atoms with Gasteiger partial charge in [-0.05, 0) is 34.2 Å². The summed E-state index contributed by atoms with van der Waals surface area (Å²) in [6.45, 7) is 6.73. The van der Waals surface area contributed by atoms with Gasteiger partial charge in [0.05, 0.1) is 12.7 Å². The molecular formula is C10H21NO3. The Kier molecular flexibility index (Phi) is 7.42. The van der Waals surface area contributed by atoms with E-state index in [0.717, 1.165) is 0 Å². The largest absolute Gasteiger partial charge is 0.465 e. The Morgan fingerprint density at radius 1 is 1.43 bits per heavy atom. The normalized spacial score (nSPS) is 12.9. The van der Waals surface area contributed by atoms with Gasteiger partial charge in [0.25, 0.3) is 0 Å². The van der Waals surface area contributed by atoms with Crippen LogP contribution in [0.4, 0.5) is 0 Å². The fourth-order valence-electron chi connectivity index (χ4n) is 1.04. The van der Waals surface area contributed by atoms with Gasteiger partial charge >= 0.3 is 5.97 Å². The Hall–Kier alpha value is -0.610. The molecule has 0 bridgehead atoms. The molecule has 0 fully saturated rings. The first-order valence-corrected chi connectivity index (χ1v) is 5.07. The second-order valence-corrected chi connectivity index (χ2v) is 3.30. The van der Waals surface area contributed by atoms with Crippen LogP contribution in [0.5, 0.6) is 0 Å². The average molecular weight is 203 g/mol. The summed E-state index contributed by atoms with van der Waals surface area (Å²) in [5.41, 5.74) is 0. The topological polar surface area (TPSA) is 47.6 Å². The number of nitrogens with one attached hydrogen (secondary N) is 1. The predicted molar refractivity (Wildman–Crippen MR) is 55.2 cm³/mol. The van der Waals surface area contributed by atoms with Crippen LogP contribution in [0, 0.1) is 0 Å². The van der Waals surface area contributed by atoms with Crippen LogP contribution in [0.3, 0.4) is 0 Å². The predicted octanol–water partition coefficient (Wildman–Crippen LogP) is 0.953. The summed E-state index contributed by atoms with van der Waals surface area (Å²) in [6, 6.07) is -0.256. The third-order valence-corrected chi connectivity index (χ3v) is 1.78. The van der Waals surface area contributed by atoms with E-state index >= 15 is 0 Å². The molecule has 4 nitrogen and oxygen atoms in total. The van der Waals surface area contributed by atoms with Gasteiger partial charge in [0.2, 0.25) is 0 Å². The minimum atomic E-state index is -0.256. The number of rotatable bonds is 7. The van der Waals surface area contributed by atoms with Crippen LogP contribution < -0.4 is 5.32 Å². The molecule has 1 unspecified atom stereocenters. The Labute approximate surface area is 86.0 Å². The van der Waals surface area contributed by atoms with Crippen LogP contribution in [0.2, 0.25) is 0 Å². The van der Waals surface area contributed by atoms with E-state index in [-0.39, 0.29) is 18.1 Å². The molecule has 0 aliphatic carbocycles. The van der Waals surface area contributed by atoms with Gasteiger partial charge in [0.15, 0.2) is 0 Å². The standard InChI is InChI=1S/C10H21NO3/c1-5-13-10(12)9(11-4)6-7-14-8(2)3/h8-9,11H,5-7H2,1-4H3. The number of hydrogen-bond donors (Lipinski definition) is 1. The van der Waals surface area contributed by atoms with E-state index in [0.29, 0.717) is 19.6 Å². The van der Waals surface area contributed by atoms with Gasteiger partial charge in [0, 0.05) is 6.61 Å². The van der Waals surface area contributed by atoms with Crippen LogP contribution in [0.25, 0.3) is 0 Å². The van der Waals surface area contributed by atoms with Crippen LogP contribution >= 0.6 is 0 Å². The van der Waals surface area contributed by atoms with E-state index in [9.17, 15) is 4.79 Å². The Morgan fingerprint density at radius 3 is 2.50 bits per heavy atom. The molecule has 0 aromatic rings. The number of carbonyl (C=O) groups excluding carboxylic acids is 1. The molecule has 0 aliphatic heterocycles. The van der Waals surface area contributed by atoms with Crippen LogP contribution in [-0.4, -0.2) is 38.4 Å². The van der Waals surface area contributed by atoms with Crippen molar-refractivity contribution in [2.24, 2.45) is 0 Å². The molecule has 0 aliphatic rings. The molecule has 0 rings (SSSR count). The Balaban J connectivity index is 3.73. The average Bonchev–Trinajstić information content (AvgIpc) is 2.12. The fourth-order valence-corrected chi connectivity index (χ4v) is 1.04. The Bertz CT molecular complexity index is 159. The molecule has 1 atom stereocenters. The van der Waals surface area contributed by atoms with Crippen molar-refractivity contribution in [3.63, 3.8) is 0 Å². The maximum absolute atomic E-state index is 11.3. The molecule has 1 N–H and O–H groups in total. The van der Waals surface area contributed by atoms with E-state index in [1.807, 2.05) is 13.8 Å². The van der Waals surface area contributed by atoms with Crippen molar-refractivity contribution >= 4 is 5.97 Å². The monoisotopic (exact) mass is 203 g/mol. The smallest absolute Gasteiger partial charge is 0.323 e. The zero-order valence-electron chi connectivity index (χ0n) is 9.50. The van der Waals surface area contributed by atoms with Gasteiger partial charge in [-0.25, -0.2) is 0 Å². The maximum Gasteiger partial charge on any atom is 0.323 e. The summed E-state index contributed by atoms with van der Waals surface area (Å²) in [7, 11) is 1.75. The molecule has 84 valence electrons. The molecule has 0 radical (unpaired) electrons. The molecule has 0 saturated carbocycles. The van der Waals surface area contributed by atoms with Crippen molar-refractivity contribution in [2.45, 2.75) is 39.3 Å². The van der Waals surface area contributed by atoms with E-state index in [1.54, 1.807) is 14.0 Å². The molecule has 0 heterocycles. The Morgan fingerprint density at radius 2 is 2.07 bits per heavy atom. The van der Waals surface area contributed by atoms with E-state index in [4.69, 9.17) is 9.47 Å². The third-order valence-electron chi connectivity index (χ3n) is 1.78. The summed E-state index contributed by atoms with van der Waals surface area (Å²) in [5.74, 6) is -0.206. The minimum Gasteiger partial charge on any atom is -0.465 e. The summed E-state index contributed by atoms with van der Waals surface area (Å²) >= 11 is 0. The quantitative estimate of drug-likeness (QED) is 0.626. The maximum atomic E-state index is 11.3. The highest BCUT2D eigenvalue weighted by molar-refractivity contribution is 5.75. The van der Waals surface area contributed by atoms with Crippen molar-refractivity contribution in [3.8, 4) is 0 Å². The lowest BCUT2D eigenvalue weighted by Crippen LogP contribution is -2.36. The highest BCUT2D eigenvalue weighted by atomic mass is 16.5. The second kappa shape index (κ2) is 7.76. The van der Waals surface area contributed by atoms with E-state index < -0.39 is 0 Å². The lowest BCUT2D eigenvalue weighted by molar-refractivity contribution is -0.146. The first-order valence-electron chi connectivity index (χ1n) is 5.07. The van der Waals surface area contributed by atoms with Gasteiger partial charge in [-0.3, -0.25) is 4.79 Å². The molecular weight excluding hydrogens is 182 g/mol. The molecule has 14 heavy (non-hydrogen) atoms. The van der Waals surface area contributed by atoms with Crippen molar-refractivity contribution in [2.75, 3.05) is 20.3 Å². The number of hydrogen-bond acceptors (Lipinski definition) is 4. The van der Waals surface area contributed by atoms with Crippen molar-refractivity contribution < 1.29 is 14.3 Å². The zero-order valence-corrected chi connectivity index (χ0v) is 9.50. The van der Waals surface area contributed by atoms with Gasteiger partial charge in [-0.1, -0.05) is 0 Å². The number of carbonyl (C=O) groups is 1. The molecule has 0 aromatic carbocycles. The highest BCUT2D eigenvalue weighted by Gasteiger charge is 2.16. The SMILES string of the molecule is CCOC(=O)C(CCOC(C)C)NC. The molecule has 0 spiro atoms. The van der Waals surface area contributed by atoms with Crippen LogP contribution in [0.15, 0.2) is 0 Å². The highest BCUT2D eigenvalue weighted by Crippen LogP contribution is 1.98. The minimum absolute atomic E-state index is 0.203. The summed E-state index contributed by atoms with van der Waals surface area (Å²) < 4.78 is 10.3. The summed E-state index contributed by atoms with van der Waals surface area (Å²) in [4.78, 5) is 11.3. The zero-order chi connectivity index (χ0) is 11.0. The first-order chi connectivity index (χ1) is 6.61. The number of likely N-dealkylation sites (N-methyl/N-ethyl adjacent to an activating group) is 1. The van der Waals surface area contributed by atoms with Gasteiger partial charge < -0.3 is 14.8 Å².